The average molecular weight is 301 g/mol. The second-order valence-corrected chi connectivity index (χ2v) is 7.37. The van der Waals surface area contributed by atoms with Crippen LogP contribution in [0.5, 0.6) is 0 Å². The fourth-order valence-corrected chi connectivity index (χ4v) is 5.30. The summed E-state index contributed by atoms with van der Waals surface area (Å²) >= 11 is 0. The average Bonchev–Trinajstić information content (AvgIpc) is 2.62. The molecule has 0 N–H and O–H groups in total. The molecular weight excluding hydrogens is 284 g/mol. The Balaban J connectivity index is 1.89. The first-order valence-corrected chi connectivity index (χ1v) is 8.87. The highest BCUT2D eigenvalue weighted by Gasteiger charge is 2.37. The Bertz CT molecular complexity index is 790. The maximum Gasteiger partial charge on any atom is 0.179 e. The molecule has 1 heteroatoms. The largest absolute Gasteiger partial charge is 0.179 e. The van der Waals surface area contributed by atoms with E-state index in [0.29, 0.717) is 5.25 Å². The van der Waals surface area contributed by atoms with Gasteiger partial charge in [-0.15, -0.1) is 0 Å². The van der Waals surface area contributed by atoms with Crippen molar-refractivity contribution in [2.75, 3.05) is 0 Å². The highest BCUT2D eigenvalue weighted by Crippen LogP contribution is 2.42. The van der Waals surface area contributed by atoms with Crippen molar-refractivity contribution in [3.8, 4) is 0 Å². The van der Waals surface area contributed by atoms with Crippen LogP contribution in [0, 0.1) is 0 Å². The Morgan fingerprint density at radius 2 is 1.27 bits per heavy atom. The molecule has 1 heterocycles. The van der Waals surface area contributed by atoms with Crippen molar-refractivity contribution in [3.63, 3.8) is 0 Å². The topological polar surface area (TPSA) is 0 Å². The molecule has 1 aliphatic rings. The Morgan fingerprint density at radius 1 is 0.636 bits per heavy atom. The highest BCUT2D eigenvalue weighted by atomic mass is 32.2. The molecule has 0 radical (unpaired) electrons. The molecule has 0 bridgehead atoms. The molecular formula is C21H17S+. The second-order valence-electron chi connectivity index (χ2n) is 5.41. The van der Waals surface area contributed by atoms with Crippen LogP contribution < -0.4 is 0 Å². The minimum Gasteiger partial charge on any atom is -0.0622 e. The van der Waals surface area contributed by atoms with E-state index in [1.54, 1.807) is 0 Å². The van der Waals surface area contributed by atoms with Crippen LogP contribution in [0.1, 0.15) is 21.9 Å². The van der Waals surface area contributed by atoms with Crippen LogP contribution in [-0.2, 0) is 10.9 Å². The van der Waals surface area contributed by atoms with Crippen molar-refractivity contribution in [1.29, 1.82) is 0 Å². The molecule has 0 spiro atoms. The maximum atomic E-state index is 2.38. The fourth-order valence-electron chi connectivity index (χ4n) is 3.01. The first-order chi connectivity index (χ1) is 10.9. The highest BCUT2D eigenvalue weighted by molar-refractivity contribution is 8.00. The predicted molar refractivity (Wildman–Crippen MR) is 95.8 cm³/mol. The van der Waals surface area contributed by atoms with Crippen LogP contribution in [0.25, 0.3) is 6.08 Å². The van der Waals surface area contributed by atoms with Gasteiger partial charge in [-0.2, -0.15) is 0 Å². The molecule has 4 rings (SSSR count). The van der Waals surface area contributed by atoms with E-state index in [1.165, 1.54) is 21.6 Å². The molecule has 0 saturated heterocycles. The molecule has 0 nitrogen and oxygen atoms in total. The molecule has 3 aromatic carbocycles. The van der Waals surface area contributed by atoms with E-state index >= 15 is 0 Å². The lowest BCUT2D eigenvalue weighted by molar-refractivity contribution is 1.12. The van der Waals surface area contributed by atoms with Crippen molar-refractivity contribution in [2.24, 2.45) is 0 Å². The number of fused-ring (bicyclic) bond motifs is 1. The SMILES string of the molecule is C1=C[S+](c2ccccc2)[C@H](c2ccccc2)c2ccccc21. The summed E-state index contributed by atoms with van der Waals surface area (Å²) in [5, 5.41) is 2.79. The lowest BCUT2D eigenvalue weighted by Gasteiger charge is -2.22. The van der Waals surface area contributed by atoms with Gasteiger partial charge < -0.3 is 0 Å². The van der Waals surface area contributed by atoms with Gasteiger partial charge in [0.15, 0.2) is 10.1 Å². The van der Waals surface area contributed by atoms with Crippen molar-refractivity contribution in [3.05, 3.63) is 107 Å². The van der Waals surface area contributed by atoms with Gasteiger partial charge in [0.05, 0.1) is 10.9 Å². The zero-order valence-electron chi connectivity index (χ0n) is 12.2. The van der Waals surface area contributed by atoms with E-state index < -0.39 is 0 Å². The summed E-state index contributed by atoms with van der Waals surface area (Å²) in [6, 6.07) is 30.5. The number of benzene rings is 3. The molecule has 3 aromatic rings. The van der Waals surface area contributed by atoms with E-state index in [9.17, 15) is 0 Å². The van der Waals surface area contributed by atoms with E-state index in [0.717, 1.165) is 0 Å². The van der Waals surface area contributed by atoms with Gasteiger partial charge in [0.1, 0.15) is 5.41 Å². The molecule has 2 atom stereocenters. The van der Waals surface area contributed by atoms with E-state index in [1.807, 2.05) is 0 Å². The molecule has 22 heavy (non-hydrogen) atoms. The number of rotatable bonds is 2. The van der Waals surface area contributed by atoms with Crippen LogP contribution in [-0.4, -0.2) is 0 Å². The molecule has 0 saturated carbocycles. The van der Waals surface area contributed by atoms with E-state index in [-0.39, 0.29) is 10.9 Å². The van der Waals surface area contributed by atoms with Crippen LogP contribution >= 0.6 is 0 Å². The monoisotopic (exact) mass is 301 g/mol. The van der Waals surface area contributed by atoms with Gasteiger partial charge in [0.25, 0.3) is 0 Å². The Labute approximate surface area is 134 Å². The molecule has 106 valence electrons. The number of hydrogen-bond acceptors (Lipinski definition) is 0. The first-order valence-electron chi connectivity index (χ1n) is 7.52. The maximum absolute atomic E-state index is 2.38. The van der Waals surface area contributed by atoms with Gasteiger partial charge in [-0.3, -0.25) is 0 Å². The molecule has 0 fully saturated rings. The Hall–Kier alpha value is -2.25. The first kappa shape index (κ1) is 13.4. The third-order valence-corrected chi connectivity index (χ3v) is 6.32. The molecule has 1 aliphatic heterocycles. The van der Waals surface area contributed by atoms with Crippen molar-refractivity contribution < 1.29 is 0 Å². The third-order valence-electron chi connectivity index (χ3n) is 4.04. The summed E-state index contributed by atoms with van der Waals surface area (Å²) in [5.41, 5.74) is 4.17. The van der Waals surface area contributed by atoms with Crippen LogP contribution in [0.15, 0.2) is 95.2 Å². The number of hydrogen-bond donors (Lipinski definition) is 0. The lowest BCUT2D eigenvalue weighted by Crippen LogP contribution is -2.17. The van der Waals surface area contributed by atoms with Crippen LogP contribution in [0.3, 0.4) is 0 Å². The predicted octanol–water partition coefficient (Wildman–Crippen LogP) is 5.44. The Kier molecular flexibility index (Phi) is 3.57. The van der Waals surface area contributed by atoms with Gasteiger partial charge in [-0.1, -0.05) is 72.8 Å². The zero-order chi connectivity index (χ0) is 14.8. The van der Waals surface area contributed by atoms with E-state index in [2.05, 4.69) is 96.4 Å². The second kappa shape index (κ2) is 5.86. The van der Waals surface area contributed by atoms with Gasteiger partial charge in [0, 0.05) is 11.1 Å². The molecule has 0 amide bonds. The lowest BCUT2D eigenvalue weighted by atomic mass is 9.99. The molecule has 1 unspecified atom stereocenters. The van der Waals surface area contributed by atoms with Crippen molar-refractivity contribution in [1.82, 2.24) is 0 Å². The molecule has 0 aromatic heterocycles. The van der Waals surface area contributed by atoms with Gasteiger partial charge in [-0.25, -0.2) is 0 Å². The minimum atomic E-state index is 0.0613. The fraction of sp³-hybridized carbons (Fsp3) is 0.0476. The summed E-state index contributed by atoms with van der Waals surface area (Å²) in [4.78, 5) is 1.40. The summed E-state index contributed by atoms with van der Waals surface area (Å²) in [6.07, 6.45) is 2.28. The minimum absolute atomic E-state index is 0.0613. The summed E-state index contributed by atoms with van der Waals surface area (Å²) in [5.74, 6) is 0. The van der Waals surface area contributed by atoms with Gasteiger partial charge >= 0.3 is 0 Å². The van der Waals surface area contributed by atoms with Gasteiger partial charge in [0.2, 0.25) is 0 Å². The normalized spacial score (nSPS) is 19.6. The standard InChI is InChI=1S/C21H17S/c1-3-10-18(11-4-1)21-20-14-8-7-9-17(20)15-16-22(21)19-12-5-2-6-13-19/h1-16,21H/q+1/t21-,22?/m1/s1. The third kappa shape index (κ3) is 2.38. The van der Waals surface area contributed by atoms with Crippen LogP contribution in [0.4, 0.5) is 0 Å². The van der Waals surface area contributed by atoms with E-state index in [4.69, 9.17) is 0 Å². The van der Waals surface area contributed by atoms with Crippen molar-refractivity contribution >= 4 is 17.0 Å². The van der Waals surface area contributed by atoms with Crippen LogP contribution in [0.2, 0.25) is 0 Å². The quantitative estimate of drug-likeness (QED) is 0.553. The zero-order valence-corrected chi connectivity index (χ0v) is 13.0. The molecule has 0 aliphatic carbocycles. The summed E-state index contributed by atoms with van der Waals surface area (Å²) < 4.78 is 0. The van der Waals surface area contributed by atoms with Crippen molar-refractivity contribution in [2.45, 2.75) is 10.1 Å². The van der Waals surface area contributed by atoms with Gasteiger partial charge in [-0.05, 0) is 23.8 Å². The summed E-state index contributed by atoms with van der Waals surface area (Å²) in [6.45, 7) is 0. The summed E-state index contributed by atoms with van der Waals surface area (Å²) in [7, 11) is 0.0613. The smallest absolute Gasteiger partial charge is 0.0622 e. The Morgan fingerprint density at radius 3 is 2.05 bits per heavy atom.